The first-order chi connectivity index (χ1) is 9.73. The third-order valence-corrected chi connectivity index (χ3v) is 8.96. The second-order valence-electron chi connectivity index (χ2n) is 8.74. The zero-order chi connectivity index (χ0) is 17.3. The van der Waals surface area contributed by atoms with Gasteiger partial charge in [-0.05, 0) is 51.7 Å². The van der Waals surface area contributed by atoms with Crippen LogP contribution >= 0.6 is 0 Å². The molecular weight excluding hydrogens is 298 g/mol. The zero-order valence-electron chi connectivity index (χ0n) is 15.3. The van der Waals surface area contributed by atoms with Gasteiger partial charge >= 0.3 is 6.09 Å². The largest absolute Gasteiger partial charge is 0.444 e. The van der Waals surface area contributed by atoms with Gasteiger partial charge in [0.1, 0.15) is 5.60 Å². The summed E-state index contributed by atoms with van der Waals surface area (Å²) in [5.74, 6) is 0. The van der Waals surface area contributed by atoms with Gasteiger partial charge in [0, 0.05) is 0 Å². The first-order valence-electron chi connectivity index (χ1n) is 8.08. The van der Waals surface area contributed by atoms with Gasteiger partial charge in [-0.3, -0.25) is 0 Å². The van der Waals surface area contributed by atoms with E-state index in [1.807, 2.05) is 20.8 Å². The average Bonchev–Trinajstić information content (AvgIpc) is 2.56. The smallest absolute Gasteiger partial charge is 0.407 e. The van der Waals surface area contributed by atoms with Gasteiger partial charge in [0.25, 0.3) is 0 Å². The Bertz CT molecular complexity index is 398. The molecule has 0 radical (unpaired) electrons. The van der Waals surface area contributed by atoms with Crippen LogP contribution < -0.4 is 5.32 Å². The van der Waals surface area contributed by atoms with Crippen molar-refractivity contribution in [1.29, 1.82) is 0 Å². The molecule has 1 rings (SSSR count). The second kappa shape index (κ2) is 6.49. The molecule has 1 aliphatic carbocycles. The molecule has 0 heterocycles. The molecule has 1 amide bonds. The highest BCUT2D eigenvalue weighted by atomic mass is 28.4. The second-order valence-corrected chi connectivity index (χ2v) is 13.5. The summed E-state index contributed by atoms with van der Waals surface area (Å²) in [6.07, 6.45) is 0.0114. The fourth-order valence-corrected chi connectivity index (χ4v) is 3.59. The number of rotatable bonds is 3. The maximum absolute atomic E-state index is 12.0. The fraction of sp³-hybridized carbons (Fsp3) is 0.938. The molecule has 0 saturated heterocycles. The van der Waals surface area contributed by atoms with Gasteiger partial charge in [-0.2, -0.15) is 0 Å². The van der Waals surface area contributed by atoms with Crippen LogP contribution in [0.1, 0.15) is 54.4 Å². The number of aliphatic hydroxyl groups is 1. The van der Waals surface area contributed by atoms with Crippen molar-refractivity contribution >= 4 is 14.4 Å². The highest BCUT2D eigenvalue weighted by Gasteiger charge is 2.45. The van der Waals surface area contributed by atoms with Crippen LogP contribution in [0.25, 0.3) is 0 Å². The van der Waals surface area contributed by atoms with E-state index < -0.39 is 26.1 Å². The predicted molar refractivity (Wildman–Crippen MR) is 90.5 cm³/mol. The van der Waals surface area contributed by atoms with Gasteiger partial charge in [-0.25, -0.2) is 4.79 Å². The van der Waals surface area contributed by atoms with Crippen molar-refractivity contribution in [1.82, 2.24) is 5.32 Å². The van der Waals surface area contributed by atoms with Crippen molar-refractivity contribution in [3.63, 3.8) is 0 Å². The van der Waals surface area contributed by atoms with Gasteiger partial charge < -0.3 is 19.6 Å². The molecule has 0 aromatic rings. The minimum atomic E-state index is -2.00. The van der Waals surface area contributed by atoms with Crippen LogP contribution in [0.15, 0.2) is 0 Å². The Morgan fingerprint density at radius 2 is 1.68 bits per heavy atom. The van der Waals surface area contributed by atoms with E-state index in [9.17, 15) is 9.90 Å². The molecule has 6 heteroatoms. The van der Waals surface area contributed by atoms with Crippen LogP contribution in [0.5, 0.6) is 0 Å². The zero-order valence-corrected chi connectivity index (χ0v) is 16.3. The molecule has 130 valence electrons. The molecule has 0 aromatic carbocycles. The Balaban J connectivity index is 2.74. The van der Waals surface area contributed by atoms with E-state index in [1.165, 1.54) is 0 Å². The summed E-state index contributed by atoms with van der Waals surface area (Å²) in [5, 5.41) is 13.2. The molecule has 3 atom stereocenters. The SMILES string of the molecule is CC(C)(C)OC(=O)N[C@@H]1CC[C@H](O)C1O[Si](C)(C)C(C)(C)C. The van der Waals surface area contributed by atoms with E-state index in [0.29, 0.717) is 12.8 Å². The molecule has 0 aliphatic heterocycles. The fourth-order valence-electron chi connectivity index (χ4n) is 2.24. The molecular formula is C16H33NO4Si. The van der Waals surface area contributed by atoms with Crippen molar-refractivity contribution in [2.75, 3.05) is 0 Å². The van der Waals surface area contributed by atoms with Crippen molar-refractivity contribution in [3.8, 4) is 0 Å². The summed E-state index contributed by atoms with van der Waals surface area (Å²) >= 11 is 0. The molecule has 1 unspecified atom stereocenters. The lowest BCUT2D eigenvalue weighted by molar-refractivity contribution is 0.0257. The standard InChI is InChI=1S/C16H33NO4Si/c1-15(2,3)20-14(19)17-11-9-10-12(18)13(11)21-22(7,8)16(4,5)6/h11-13,18H,9-10H2,1-8H3,(H,17,19)/t11-,12+,13?/m1/s1. The van der Waals surface area contributed by atoms with Gasteiger partial charge in [-0.1, -0.05) is 20.8 Å². The number of carbonyl (C=O) groups excluding carboxylic acids is 1. The van der Waals surface area contributed by atoms with E-state index in [-0.39, 0.29) is 17.2 Å². The monoisotopic (exact) mass is 331 g/mol. The number of alkyl carbamates (subject to hydrolysis) is 1. The molecule has 5 nitrogen and oxygen atoms in total. The normalized spacial score (nSPS) is 26.9. The van der Waals surface area contributed by atoms with Crippen molar-refractivity contribution in [2.45, 2.75) is 96.4 Å². The van der Waals surface area contributed by atoms with E-state index in [0.717, 1.165) is 0 Å². The van der Waals surface area contributed by atoms with E-state index >= 15 is 0 Å². The van der Waals surface area contributed by atoms with Crippen molar-refractivity contribution in [2.24, 2.45) is 0 Å². The first kappa shape index (κ1) is 19.5. The number of carbonyl (C=O) groups is 1. The molecule has 2 N–H and O–H groups in total. The van der Waals surface area contributed by atoms with Crippen LogP contribution in [0, 0.1) is 0 Å². The summed E-state index contributed by atoms with van der Waals surface area (Å²) < 4.78 is 11.6. The molecule has 0 spiro atoms. The molecule has 1 aliphatic rings. The Labute approximate surface area is 135 Å². The van der Waals surface area contributed by atoms with Crippen LogP contribution in [0.3, 0.4) is 0 Å². The Morgan fingerprint density at radius 1 is 1.14 bits per heavy atom. The summed E-state index contributed by atoms with van der Waals surface area (Å²) in [5.41, 5.74) is -0.531. The molecule has 0 aromatic heterocycles. The number of hydrogen-bond acceptors (Lipinski definition) is 4. The minimum Gasteiger partial charge on any atom is -0.444 e. The summed E-state index contributed by atoms with van der Waals surface area (Å²) in [6, 6.07) is -0.195. The maximum atomic E-state index is 12.0. The topological polar surface area (TPSA) is 67.8 Å². The van der Waals surface area contributed by atoms with Crippen LogP contribution in [-0.4, -0.2) is 43.4 Å². The number of amides is 1. The molecule has 22 heavy (non-hydrogen) atoms. The number of nitrogens with one attached hydrogen (secondary N) is 1. The lowest BCUT2D eigenvalue weighted by atomic mass is 10.2. The van der Waals surface area contributed by atoms with Gasteiger partial charge in [0.05, 0.1) is 18.2 Å². The maximum Gasteiger partial charge on any atom is 0.407 e. The van der Waals surface area contributed by atoms with Gasteiger partial charge in [0.2, 0.25) is 0 Å². The Morgan fingerprint density at radius 3 is 2.14 bits per heavy atom. The number of ether oxygens (including phenoxy) is 1. The van der Waals surface area contributed by atoms with Gasteiger partial charge in [-0.15, -0.1) is 0 Å². The number of aliphatic hydroxyl groups excluding tert-OH is 1. The van der Waals surface area contributed by atoms with E-state index in [2.05, 4.69) is 39.2 Å². The van der Waals surface area contributed by atoms with Gasteiger partial charge in [0.15, 0.2) is 8.32 Å². The lowest BCUT2D eigenvalue weighted by Gasteiger charge is -2.40. The third-order valence-electron chi connectivity index (χ3n) is 4.49. The van der Waals surface area contributed by atoms with E-state index in [4.69, 9.17) is 9.16 Å². The van der Waals surface area contributed by atoms with Crippen molar-refractivity contribution in [3.05, 3.63) is 0 Å². The molecule has 1 saturated carbocycles. The molecule has 1 fully saturated rings. The van der Waals surface area contributed by atoms with Crippen LogP contribution in [0.2, 0.25) is 18.1 Å². The summed E-state index contributed by atoms with van der Waals surface area (Å²) in [4.78, 5) is 12.0. The lowest BCUT2D eigenvalue weighted by Crippen LogP contribution is -2.53. The Kier molecular flexibility index (Phi) is 5.74. The summed E-state index contributed by atoms with van der Waals surface area (Å²) in [6.45, 7) is 16.3. The highest BCUT2D eigenvalue weighted by molar-refractivity contribution is 6.74. The minimum absolute atomic E-state index is 0.0613. The quantitative estimate of drug-likeness (QED) is 0.778. The number of hydrogen-bond donors (Lipinski definition) is 2. The predicted octanol–water partition coefficient (Wildman–Crippen LogP) is 3.42. The van der Waals surface area contributed by atoms with Crippen molar-refractivity contribution < 1.29 is 19.1 Å². The van der Waals surface area contributed by atoms with Crippen LogP contribution in [0.4, 0.5) is 4.79 Å². The molecule has 0 bridgehead atoms. The van der Waals surface area contributed by atoms with Crippen LogP contribution in [-0.2, 0) is 9.16 Å². The highest BCUT2D eigenvalue weighted by Crippen LogP contribution is 2.39. The van der Waals surface area contributed by atoms with E-state index in [1.54, 1.807) is 0 Å². The Hall–Kier alpha value is -0.593. The third kappa shape index (κ3) is 5.24. The first-order valence-corrected chi connectivity index (χ1v) is 11.0. The summed E-state index contributed by atoms with van der Waals surface area (Å²) in [7, 11) is -2.00. The average molecular weight is 332 g/mol.